The van der Waals surface area contributed by atoms with Crippen molar-refractivity contribution in [2.24, 2.45) is 0 Å². The van der Waals surface area contributed by atoms with Gasteiger partial charge in [0.2, 0.25) is 5.91 Å². The number of quaternary nitrogens is 1. The molecule has 0 bridgehead atoms. The quantitative estimate of drug-likeness (QED) is 0.591. The lowest BCUT2D eigenvalue weighted by Crippen LogP contribution is -2.93. The minimum Gasteiger partial charge on any atom is -0.462 e. The summed E-state index contributed by atoms with van der Waals surface area (Å²) in [4.78, 5) is 36.4. The molecule has 0 aliphatic carbocycles. The molecule has 0 unspecified atom stereocenters. The third kappa shape index (κ3) is 3.43. The van der Waals surface area contributed by atoms with E-state index in [0.29, 0.717) is 5.69 Å². The van der Waals surface area contributed by atoms with Gasteiger partial charge in [0, 0.05) is 0 Å². The van der Waals surface area contributed by atoms with Crippen LogP contribution in [0.5, 0.6) is 0 Å². The molecule has 21 heavy (non-hydrogen) atoms. The van der Waals surface area contributed by atoms with Crippen molar-refractivity contribution in [3.8, 4) is 0 Å². The number of imide groups is 1. The highest BCUT2D eigenvalue weighted by Crippen LogP contribution is 2.21. The SMILES string of the molecule is CCOC(=O)C[NH2+][C@@H]1CC(=O)N(c2ccc(F)cc2)C1=O. The summed E-state index contributed by atoms with van der Waals surface area (Å²) in [5.41, 5.74) is 0.332. The van der Waals surface area contributed by atoms with E-state index in [0.717, 1.165) is 4.90 Å². The van der Waals surface area contributed by atoms with Crippen molar-refractivity contribution in [2.45, 2.75) is 19.4 Å². The minimum absolute atomic E-state index is 0.00954. The Balaban J connectivity index is 2.03. The fraction of sp³-hybridized carbons (Fsp3) is 0.357. The van der Waals surface area contributed by atoms with Gasteiger partial charge in [-0.15, -0.1) is 0 Å². The van der Waals surface area contributed by atoms with Crippen molar-refractivity contribution < 1.29 is 28.8 Å². The molecule has 1 fully saturated rings. The topological polar surface area (TPSA) is 80.3 Å². The highest BCUT2D eigenvalue weighted by molar-refractivity contribution is 6.21. The number of anilines is 1. The van der Waals surface area contributed by atoms with Crippen molar-refractivity contribution in [1.82, 2.24) is 0 Å². The molecular weight excluding hydrogens is 279 g/mol. The fourth-order valence-corrected chi connectivity index (χ4v) is 2.16. The van der Waals surface area contributed by atoms with Crippen LogP contribution in [0.4, 0.5) is 10.1 Å². The number of carbonyl (C=O) groups is 3. The Kier molecular flexibility index (Phi) is 4.64. The first kappa shape index (κ1) is 15.1. The van der Waals surface area contributed by atoms with Crippen LogP contribution in [0.15, 0.2) is 24.3 Å². The van der Waals surface area contributed by atoms with E-state index in [1.807, 2.05) is 0 Å². The number of benzene rings is 1. The number of nitrogens with two attached hydrogens (primary N) is 1. The Bertz CT molecular complexity index is 559. The molecule has 1 atom stereocenters. The van der Waals surface area contributed by atoms with Crippen LogP contribution >= 0.6 is 0 Å². The third-order valence-corrected chi connectivity index (χ3v) is 3.14. The molecule has 7 heteroatoms. The van der Waals surface area contributed by atoms with Gasteiger partial charge in [-0.05, 0) is 31.2 Å². The highest BCUT2D eigenvalue weighted by atomic mass is 19.1. The number of amides is 2. The second-order valence-corrected chi connectivity index (χ2v) is 4.60. The molecule has 2 amide bonds. The van der Waals surface area contributed by atoms with Crippen molar-refractivity contribution in [1.29, 1.82) is 0 Å². The molecule has 2 rings (SSSR count). The molecular formula is C14H16FN2O4+. The zero-order chi connectivity index (χ0) is 15.4. The lowest BCUT2D eigenvalue weighted by atomic mass is 10.2. The van der Waals surface area contributed by atoms with E-state index in [1.54, 1.807) is 6.92 Å². The number of esters is 1. The van der Waals surface area contributed by atoms with E-state index >= 15 is 0 Å². The Morgan fingerprint density at radius 3 is 2.67 bits per heavy atom. The van der Waals surface area contributed by atoms with Gasteiger partial charge in [0.1, 0.15) is 5.82 Å². The van der Waals surface area contributed by atoms with Gasteiger partial charge < -0.3 is 10.1 Å². The van der Waals surface area contributed by atoms with E-state index in [1.165, 1.54) is 29.6 Å². The van der Waals surface area contributed by atoms with Crippen molar-refractivity contribution in [3.05, 3.63) is 30.1 Å². The predicted octanol–water partition coefficient (Wildman–Crippen LogP) is -0.416. The molecule has 1 aliphatic heterocycles. The van der Waals surface area contributed by atoms with Crippen molar-refractivity contribution >= 4 is 23.5 Å². The molecule has 2 N–H and O–H groups in total. The highest BCUT2D eigenvalue weighted by Gasteiger charge is 2.42. The molecule has 1 aliphatic rings. The maximum Gasteiger partial charge on any atom is 0.361 e. The van der Waals surface area contributed by atoms with E-state index in [2.05, 4.69) is 0 Å². The van der Waals surface area contributed by atoms with Crippen LogP contribution in [0.1, 0.15) is 13.3 Å². The second-order valence-electron chi connectivity index (χ2n) is 4.60. The van der Waals surface area contributed by atoms with E-state index in [-0.39, 0.29) is 25.5 Å². The summed E-state index contributed by atoms with van der Waals surface area (Å²) in [6.45, 7) is 1.94. The van der Waals surface area contributed by atoms with Gasteiger partial charge in [-0.2, -0.15) is 0 Å². The Morgan fingerprint density at radius 2 is 2.05 bits per heavy atom. The largest absolute Gasteiger partial charge is 0.462 e. The first-order chi connectivity index (χ1) is 10.0. The summed E-state index contributed by atoms with van der Waals surface area (Å²) in [6, 6.07) is 4.47. The van der Waals surface area contributed by atoms with Crippen molar-refractivity contribution in [2.75, 3.05) is 18.1 Å². The summed E-state index contributed by atoms with van der Waals surface area (Å²) in [5.74, 6) is -1.64. The summed E-state index contributed by atoms with van der Waals surface area (Å²) in [5, 5.41) is 1.49. The number of ether oxygens (including phenoxy) is 1. The maximum atomic E-state index is 12.9. The molecule has 0 spiro atoms. The zero-order valence-corrected chi connectivity index (χ0v) is 11.5. The average molecular weight is 295 g/mol. The van der Waals surface area contributed by atoms with E-state index < -0.39 is 23.7 Å². The van der Waals surface area contributed by atoms with Gasteiger partial charge in [0.05, 0.1) is 18.7 Å². The van der Waals surface area contributed by atoms with Gasteiger partial charge >= 0.3 is 5.97 Å². The van der Waals surface area contributed by atoms with Crippen LogP contribution in [-0.2, 0) is 19.1 Å². The summed E-state index contributed by atoms with van der Waals surface area (Å²) < 4.78 is 17.6. The number of carbonyl (C=O) groups excluding carboxylic acids is 3. The number of halogens is 1. The predicted molar refractivity (Wildman–Crippen MR) is 70.7 cm³/mol. The van der Waals surface area contributed by atoms with Gasteiger partial charge in [-0.1, -0.05) is 0 Å². The van der Waals surface area contributed by atoms with Gasteiger partial charge in [-0.25, -0.2) is 14.1 Å². The van der Waals surface area contributed by atoms with Crippen molar-refractivity contribution in [3.63, 3.8) is 0 Å². The minimum atomic E-state index is -0.646. The Morgan fingerprint density at radius 1 is 1.38 bits per heavy atom. The monoisotopic (exact) mass is 295 g/mol. The molecule has 0 aromatic heterocycles. The van der Waals surface area contributed by atoms with Crippen LogP contribution in [0.2, 0.25) is 0 Å². The average Bonchev–Trinajstić information content (AvgIpc) is 2.73. The molecule has 1 saturated heterocycles. The van der Waals surface area contributed by atoms with Gasteiger partial charge in [0.15, 0.2) is 12.6 Å². The number of hydrogen-bond acceptors (Lipinski definition) is 4. The maximum absolute atomic E-state index is 12.9. The van der Waals surface area contributed by atoms with Crippen LogP contribution < -0.4 is 10.2 Å². The number of nitrogens with zero attached hydrogens (tertiary/aromatic N) is 1. The second kappa shape index (κ2) is 6.45. The van der Waals surface area contributed by atoms with Crippen LogP contribution in [-0.4, -0.2) is 37.0 Å². The zero-order valence-electron chi connectivity index (χ0n) is 11.5. The van der Waals surface area contributed by atoms with Crippen LogP contribution in [0, 0.1) is 5.82 Å². The van der Waals surface area contributed by atoms with E-state index in [4.69, 9.17) is 4.74 Å². The van der Waals surface area contributed by atoms with E-state index in [9.17, 15) is 18.8 Å². The third-order valence-electron chi connectivity index (χ3n) is 3.14. The first-order valence-corrected chi connectivity index (χ1v) is 6.64. The normalized spacial score (nSPS) is 18.2. The number of hydrogen-bond donors (Lipinski definition) is 1. The summed E-state index contributed by atoms with van der Waals surface area (Å²) in [6.07, 6.45) is 0.00954. The van der Waals surface area contributed by atoms with Crippen LogP contribution in [0.3, 0.4) is 0 Å². The molecule has 1 aromatic carbocycles. The Labute approximate surface area is 120 Å². The summed E-state index contributed by atoms with van der Waals surface area (Å²) >= 11 is 0. The molecule has 0 saturated carbocycles. The Hall–Kier alpha value is -2.28. The molecule has 0 radical (unpaired) electrons. The summed E-state index contributed by atoms with van der Waals surface area (Å²) in [7, 11) is 0. The van der Waals surface area contributed by atoms with Gasteiger partial charge in [0.25, 0.3) is 5.91 Å². The lowest BCUT2D eigenvalue weighted by Gasteiger charge is -2.13. The smallest absolute Gasteiger partial charge is 0.361 e. The first-order valence-electron chi connectivity index (χ1n) is 6.64. The fourth-order valence-electron chi connectivity index (χ4n) is 2.16. The lowest BCUT2D eigenvalue weighted by molar-refractivity contribution is -0.665. The molecule has 112 valence electrons. The van der Waals surface area contributed by atoms with Crippen LogP contribution in [0.25, 0.3) is 0 Å². The molecule has 1 heterocycles. The van der Waals surface area contributed by atoms with Gasteiger partial charge in [-0.3, -0.25) is 9.59 Å². The molecule has 6 nitrogen and oxygen atoms in total. The molecule has 1 aromatic rings. The number of rotatable bonds is 5. The standard InChI is InChI=1S/C14H15FN2O4/c1-2-21-13(19)8-16-11-7-12(18)17(14(11)20)10-5-3-9(15)4-6-10/h3-6,11,16H,2,7-8H2,1H3/p+1/t11-/m1/s1.